The molecule has 26 heavy (non-hydrogen) atoms. The highest BCUT2D eigenvalue weighted by Gasteiger charge is 2.44. The zero-order valence-electron chi connectivity index (χ0n) is 16.0. The molecular formula is C23H29NO2. The van der Waals surface area contributed by atoms with E-state index in [0.29, 0.717) is 6.42 Å². The first-order valence-corrected chi connectivity index (χ1v) is 9.27. The molecule has 1 aliphatic carbocycles. The first-order valence-electron chi connectivity index (χ1n) is 9.27. The van der Waals surface area contributed by atoms with Crippen molar-refractivity contribution in [3.05, 3.63) is 71.3 Å². The Hall–Kier alpha value is -2.10. The van der Waals surface area contributed by atoms with Gasteiger partial charge in [-0.05, 0) is 55.8 Å². The highest BCUT2D eigenvalue weighted by Crippen LogP contribution is 2.44. The smallest absolute Gasteiger partial charge is 0.119 e. The summed E-state index contributed by atoms with van der Waals surface area (Å²) in [6.45, 7) is 0.888. The quantitative estimate of drug-likeness (QED) is 0.853. The average Bonchev–Trinajstić information content (AvgIpc) is 2.91. The second-order valence-corrected chi connectivity index (χ2v) is 7.53. The van der Waals surface area contributed by atoms with Gasteiger partial charge in [0, 0.05) is 18.9 Å². The van der Waals surface area contributed by atoms with Crippen molar-refractivity contribution >= 4 is 6.08 Å². The Labute approximate surface area is 156 Å². The van der Waals surface area contributed by atoms with Gasteiger partial charge in [0.25, 0.3) is 0 Å². The van der Waals surface area contributed by atoms with E-state index < -0.39 is 5.60 Å². The molecule has 2 atom stereocenters. The predicted molar refractivity (Wildman–Crippen MR) is 107 cm³/mol. The van der Waals surface area contributed by atoms with Gasteiger partial charge < -0.3 is 14.7 Å². The van der Waals surface area contributed by atoms with Crippen LogP contribution >= 0.6 is 0 Å². The molecule has 1 fully saturated rings. The summed E-state index contributed by atoms with van der Waals surface area (Å²) < 4.78 is 5.34. The lowest BCUT2D eigenvalue weighted by Crippen LogP contribution is -2.42. The van der Waals surface area contributed by atoms with E-state index in [1.165, 1.54) is 5.56 Å². The molecule has 138 valence electrons. The van der Waals surface area contributed by atoms with Gasteiger partial charge in [-0.25, -0.2) is 0 Å². The third-order valence-corrected chi connectivity index (χ3v) is 5.33. The molecule has 1 saturated carbocycles. The lowest BCUT2D eigenvalue weighted by Gasteiger charge is -2.33. The van der Waals surface area contributed by atoms with Crippen LogP contribution in [0.3, 0.4) is 0 Å². The summed E-state index contributed by atoms with van der Waals surface area (Å²) in [5, 5.41) is 11.8. The molecule has 3 nitrogen and oxygen atoms in total. The summed E-state index contributed by atoms with van der Waals surface area (Å²) in [5.74, 6) is 1.07. The zero-order valence-corrected chi connectivity index (χ0v) is 16.0. The van der Waals surface area contributed by atoms with E-state index in [1.807, 2.05) is 36.4 Å². The van der Waals surface area contributed by atoms with Crippen molar-refractivity contribution in [3.8, 4) is 5.75 Å². The number of ether oxygens (including phenoxy) is 1. The van der Waals surface area contributed by atoms with E-state index in [-0.39, 0.29) is 5.92 Å². The summed E-state index contributed by atoms with van der Waals surface area (Å²) in [6, 6.07) is 18.3. The Morgan fingerprint density at radius 1 is 1.15 bits per heavy atom. The fraction of sp³-hybridized carbons (Fsp3) is 0.391. The van der Waals surface area contributed by atoms with Crippen LogP contribution in [-0.2, 0) is 6.42 Å². The Morgan fingerprint density at radius 3 is 2.62 bits per heavy atom. The maximum Gasteiger partial charge on any atom is 0.119 e. The molecule has 2 aromatic rings. The number of rotatable bonds is 6. The Balaban J connectivity index is 1.95. The highest BCUT2D eigenvalue weighted by molar-refractivity contribution is 5.58. The molecular weight excluding hydrogens is 322 g/mol. The molecule has 3 heteroatoms. The maximum atomic E-state index is 11.8. The van der Waals surface area contributed by atoms with Gasteiger partial charge in [-0.3, -0.25) is 0 Å². The van der Waals surface area contributed by atoms with Gasteiger partial charge in [-0.2, -0.15) is 0 Å². The van der Waals surface area contributed by atoms with Crippen LogP contribution in [-0.4, -0.2) is 43.4 Å². The first kappa shape index (κ1) is 18.7. The van der Waals surface area contributed by atoms with Crippen LogP contribution in [0.25, 0.3) is 6.08 Å². The standard InChI is InChI=1S/C23H29NO2/c1-24(2)17-21-13-12-20(14-19-10-7-11-22(15-19)26-3)23(21,25)16-18-8-5-4-6-9-18/h4-11,14-15,21,25H,12-13,16-17H2,1-3H3. The number of methoxy groups -OCH3 is 1. The lowest BCUT2D eigenvalue weighted by molar-refractivity contribution is 0.0257. The van der Waals surface area contributed by atoms with Crippen LogP contribution in [0.15, 0.2) is 60.2 Å². The fourth-order valence-corrected chi connectivity index (χ4v) is 4.02. The third kappa shape index (κ3) is 4.17. The number of hydrogen-bond acceptors (Lipinski definition) is 3. The summed E-state index contributed by atoms with van der Waals surface area (Å²) >= 11 is 0. The van der Waals surface area contributed by atoms with E-state index in [2.05, 4.69) is 43.3 Å². The number of hydrogen-bond donors (Lipinski definition) is 1. The van der Waals surface area contributed by atoms with Crippen molar-refractivity contribution in [1.29, 1.82) is 0 Å². The number of nitrogens with zero attached hydrogens (tertiary/aromatic N) is 1. The highest BCUT2D eigenvalue weighted by atomic mass is 16.5. The monoisotopic (exact) mass is 351 g/mol. The van der Waals surface area contributed by atoms with Gasteiger partial charge in [0.2, 0.25) is 0 Å². The summed E-state index contributed by atoms with van der Waals surface area (Å²) in [4.78, 5) is 2.18. The normalized spacial score (nSPS) is 24.3. The molecule has 2 unspecified atom stereocenters. The van der Waals surface area contributed by atoms with E-state index in [1.54, 1.807) is 7.11 Å². The van der Waals surface area contributed by atoms with Crippen molar-refractivity contribution in [3.63, 3.8) is 0 Å². The Bertz CT molecular complexity index is 754. The SMILES string of the molecule is COc1cccc(C=C2CCC(CN(C)C)C2(O)Cc2ccccc2)c1. The van der Waals surface area contributed by atoms with E-state index in [0.717, 1.165) is 36.3 Å². The largest absolute Gasteiger partial charge is 0.497 e. The summed E-state index contributed by atoms with van der Waals surface area (Å²) in [5.41, 5.74) is 2.57. The van der Waals surface area contributed by atoms with Crippen molar-refractivity contribution in [2.75, 3.05) is 27.7 Å². The summed E-state index contributed by atoms with van der Waals surface area (Å²) in [7, 11) is 5.83. The Kier molecular flexibility index (Phi) is 5.80. The van der Waals surface area contributed by atoms with Crippen LogP contribution in [0.4, 0.5) is 0 Å². The van der Waals surface area contributed by atoms with Gasteiger partial charge in [0.1, 0.15) is 5.75 Å². The minimum atomic E-state index is -0.811. The molecule has 0 aromatic heterocycles. The summed E-state index contributed by atoms with van der Waals surface area (Å²) in [6.07, 6.45) is 4.75. The molecule has 0 radical (unpaired) electrons. The minimum absolute atomic E-state index is 0.231. The van der Waals surface area contributed by atoms with Gasteiger partial charge in [-0.1, -0.05) is 48.5 Å². The molecule has 3 rings (SSSR count). The molecule has 0 spiro atoms. The molecule has 1 aliphatic rings. The van der Waals surface area contributed by atoms with Gasteiger partial charge >= 0.3 is 0 Å². The van der Waals surface area contributed by atoms with Gasteiger partial charge in [0.15, 0.2) is 0 Å². The molecule has 0 amide bonds. The van der Waals surface area contributed by atoms with Crippen molar-refractivity contribution in [2.24, 2.45) is 5.92 Å². The van der Waals surface area contributed by atoms with Crippen molar-refractivity contribution < 1.29 is 9.84 Å². The van der Waals surface area contributed by atoms with E-state index >= 15 is 0 Å². The van der Waals surface area contributed by atoms with Crippen LogP contribution in [0.5, 0.6) is 5.75 Å². The van der Waals surface area contributed by atoms with Gasteiger partial charge in [-0.15, -0.1) is 0 Å². The van der Waals surface area contributed by atoms with Crippen molar-refractivity contribution in [1.82, 2.24) is 4.90 Å². The van der Waals surface area contributed by atoms with Crippen molar-refractivity contribution in [2.45, 2.75) is 24.9 Å². The van der Waals surface area contributed by atoms with Crippen LogP contribution in [0.2, 0.25) is 0 Å². The first-order chi connectivity index (χ1) is 12.5. The van der Waals surface area contributed by atoms with Crippen LogP contribution in [0, 0.1) is 5.92 Å². The van der Waals surface area contributed by atoms with Gasteiger partial charge in [0.05, 0.1) is 12.7 Å². The zero-order chi connectivity index (χ0) is 18.6. The van der Waals surface area contributed by atoms with E-state index in [4.69, 9.17) is 4.74 Å². The minimum Gasteiger partial charge on any atom is -0.497 e. The Morgan fingerprint density at radius 2 is 1.92 bits per heavy atom. The molecule has 1 N–H and O–H groups in total. The molecule has 0 aliphatic heterocycles. The fourth-order valence-electron chi connectivity index (χ4n) is 4.02. The molecule has 0 saturated heterocycles. The van der Waals surface area contributed by atoms with Crippen LogP contribution < -0.4 is 4.74 Å². The average molecular weight is 351 g/mol. The van der Waals surface area contributed by atoms with Crippen LogP contribution in [0.1, 0.15) is 24.0 Å². The maximum absolute atomic E-state index is 11.8. The second-order valence-electron chi connectivity index (χ2n) is 7.53. The topological polar surface area (TPSA) is 32.7 Å². The predicted octanol–water partition coefficient (Wildman–Crippen LogP) is 4.02. The number of benzene rings is 2. The molecule has 0 heterocycles. The van der Waals surface area contributed by atoms with E-state index in [9.17, 15) is 5.11 Å². The second kappa shape index (κ2) is 8.07. The number of aliphatic hydroxyl groups is 1. The molecule has 0 bridgehead atoms. The molecule has 2 aromatic carbocycles. The lowest BCUT2D eigenvalue weighted by atomic mass is 9.81. The third-order valence-electron chi connectivity index (χ3n) is 5.33.